The second-order valence-electron chi connectivity index (χ2n) is 4.00. The van der Waals surface area contributed by atoms with Gasteiger partial charge in [-0.05, 0) is 25.5 Å². The Labute approximate surface area is 104 Å². The van der Waals surface area contributed by atoms with E-state index in [-0.39, 0.29) is 11.9 Å². The first-order valence-electron chi connectivity index (χ1n) is 5.49. The third-order valence-corrected chi connectivity index (χ3v) is 2.67. The van der Waals surface area contributed by atoms with Crippen molar-refractivity contribution in [2.24, 2.45) is 0 Å². The largest absolute Gasteiger partial charge is 0.398 e. The topological polar surface area (TPSA) is 110 Å². The molecule has 0 fully saturated rings. The Balaban J connectivity index is 2.15. The Morgan fingerprint density at radius 1 is 1.50 bits per heavy atom. The predicted octanol–water partition coefficient (Wildman–Crippen LogP) is 0.581. The fourth-order valence-electron chi connectivity index (χ4n) is 1.57. The Morgan fingerprint density at radius 2 is 2.28 bits per heavy atom. The average Bonchev–Trinajstić information content (AvgIpc) is 2.86. The van der Waals surface area contributed by atoms with E-state index in [2.05, 4.69) is 25.9 Å². The zero-order valence-corrected chi connectivity index (χ0v) is 10.1. The van der Waals surface area contributed by atoms with Crippen molar-refractivity contribution in [1.82, 2.24) is 25.9 Å². The number of aromatic nitrogens is 4. The summed E-state index contributed by atoms with van der Waals surface area (Å²) in [6, 6.07) is 4.99. The molecule has 0 aliphatic heterocycles. The Bertz CT molecular complexity index is 551. The Morgan fingerprint density at radius 3 is 2.94 bits per heavy atom. The van der Waals surface area contributed by atoms with Gasteiger partial charge in [-0.15, -0.1) is 10.2 Å². The van der Waals surface area contributed by atoms with Gasteiger partial charge in [0.2, 0.25) is 0 Å². The number of amides is 1. The molecule has 1 unspecified atom stereocenters. The highest BCUT2D eigenvalue weighted by Gasteiger charge is 2.16. The first-order valence-corrected chi connectivity index (χ1v) is 5.49. The van der Waals surface area contributed by atoms with Crippen LogP contribution in [-0.2, 0) is 0 Å². The van der Waals surface area contributed by atoms with Crippen LogP contribution in [0.2, 0.25) is 0 Å². The number of H-pyrrole nitrogens is 1. The molecular formula is C11H14N6O. The van der Waals surface area contributed by atoms with Gasteiger partial charge in [-0.1, -0.05) is 17.3 Å². The van der Waals surface area contributed by atoms with Gasteiger partial charge in [0.15, 0.2) is 5.82 Å². The van der Waals surface area contributed by atoms with Crippen LogP contribution in [0.25, 0.3) is 0 Å². The number of para-hydroxylation sites is 1. The van der Waals surface area contributed by atoms with Crippen LogP contribution in [0, 0.1) is 6.92 Å². The van der Waals surface area contributed by atoms with Crippen molar-refractivity contribution >= 4 is 11.6 Å². The standard InChI is InChI=1S/C11H14N6O/c1-6-4-3-5-8(9(6)12)11(18)13-7(2)10-14-16-17-15-10/h3-5,7H,12H2,1-2H3,(H,13,18)(H,14,15,16,17). The molecule has 7 heteroatoms. The fourth-order valence-corrected chi connectivity index (χ4v) is 1.57. The van der Waals surface area contributed by atoms with E-state index >= 15 is 0 Å². The summed E-state index contributed by atoms with van der Waals surface area (Å²) < 4.78 is 0. The number of nitrogens with two attached hydrogens (primary N) is 1. The molecule has 0 saturated carbocycles. The normalized spacial score (nSPS) is 12.1. The zero-order valence-electron chi connectivity index (χ0n) is 10.1. The van der Waals surface area contributed by atoms with Gasteiger partial charge in [0, 0.05) is 5.69 Å². The van der Waals surface area contributed by atoms with E-state index in [4.69, 9.17) is 5.73 Å². The molecule has 1 amide bonds. The minimum atomic E-state index is -0.337. The molecule has 2 aromatic rings. The van der Waals surface area contributed by atoms with Crippen LogP contribution in [0.1, 0.15) is 34.7 Å². The molecule has 1 aromatic carbocycles. The van der Waals surface area contributed by atoms with Gasteiger partial charge in [0.1, 0.15) is 0 Å². The third kappa shape index (κ3) is 2.29. The van der Waals surface area contributed by atoms with Gasteiger partial charge in [-0.3, -0.25) is 4.79 Å². The van der Waals surface area contributed by atoms with Gasteiger partial charge in [0.25, 0.3) is 5.91 Å². The van der Waals surface area contributed by atoms with Gasteiger partial charge >= 0.3 is 0 Å². The number of nitrogens with zero attached hydrogens (tertiary/aromatic N) is 3. The summed E-state index contributed by atoms with van der Waals surface area (Å²) in [6.45, 7) is 3.63. The first kappa shape index (κ1) is 12.0. The summed E-state index contributed by atoms with van der Waals surface area (Å²) >= 11 is 0. The Kier molecular flexibility index (Phi) is 3.22. The predicted molar refractivity (Wildman–Crippen MR) is 65.7 cm³/mol. The molecule has 0 aliphatic rings. The summed E-state index contributed by atoms with van der Waals surface area (Å²) in [7, 11) is 0. The second-order valence-corrected chi connectivity index (χ2v) is 4.00. The molecule has 0 aliphatic carbocycles. The second kappa shape index (κ2) is 4.82. The molecule has 0 saturated heterocycles. The zero-order chi connectivity index (χ0) is 13.1. The van der Waals surface area contributed by atoms with Crippen molar-refractivity contribution in [3.63, 3.8) is 0 Å². The minimum Gasteiger partial charge on any atom is -0.398 e. The van der Waals surface area contributed by atoms with Crippen LogP contribution in [0.5, 0.6) is 0 Å². The van der Waals surface area contributed by atoms with Crippen molar-refractivity contribution in [1.29, 1.82) is 0 Å². The molecule has 2 rings (SSSR count). The number of rotatable bonds is 3. The van der Waals surface area contributed by atoms with E-state index in [9.17, 15) is 4.79 Å². The molecule has 1 heterocycles. The van der Waals surface area contributed by atoms with Crippen molar-refractivity contribution in [2.45, 2.75) is 19.9 Å². The maximum atomic E-state index is 12.0. The van der Waals surface area contributed by atoms with Gasteiger partial charge in [0.05, 0.1) is 11.6 Å². The van der Waals surface area contributed by atoms with Crippen molar-refractivity contribution < 1.29 is 4.79 Å². The molecule has 0 bridgehead atoms. The summed E-state index contributed by atoms with van der Waals surface area (Å²) in [5, 5.41) is 16.2. The van der Waals surface area contributed by atoms with Gasteiger partial charge in [-0.2, -0.15) is 5.21 Å². The number of anilines is 1. The summed E-state index contributed by atoms with van der Waals surface area (Å²) in [5.41, 5.74) is 7.67. The quantitative estimate of drug-likeness (QED) is 0.686. The lowest BCUT2D eigenvalue weighted by Crippen LogP contribution is -2.28. The number of hydrogen-bond donors (Lipinski definition) is 3. The minimum absolute atomic E-state index is 0.256. The van der Waals surface area contributed by atoms with E-state index in [0.29, 0.717) is 17.1 Å². The van der Waals surface area contributed by atoms with E-state index < -0.39 is 0 Å². The highest BCUT2D eigenvalue weighted by Crippen LogP contribution is 2.17. The van der Waals surface area contributed by atoms with E-state index in [1.807, 2.05) is 13.0 Å². The van der Waals surface area contributed by atoms with Crippen LogP contribution in [0.15, 0.2) is 18.2 Å². The molecule has 4 N–H and O–H groups in total. The monoisotopic (exact) mass is 246 g/mol. The average molecular weight is 246 g/mol. The molecule has 18 heavy (non-hydrogen) atoms. The first-order chi connectivity index (χ1) is 8.59. The highest BCUT2D eigenvalue weighted by atomic mass is 16.1. The molecule has 0 radical (unpaired) electrons. The van der Waals surface area contributed by atoms with Crippen LogP contribution in [0.3, 0.4) is 0 Å². The van der Waals surface area contributed by atoms with E-state index in [0.717, 1.165) is 5.56 Å². The van der Waals surface area contributed by atoms with Crippen LogP contribution in [0.4, 0.5) is 5.69 Å². The molecule has 94 valence electrons. The Hall–Kier alpha value is -2.44. The summed E-state index contributed by atoms with van der Waals surface area (Å²) in [6.07, 6.45) is 0. The van der Waals surface area contributed by atoms with Crippen LogP contribution in [-0.4, -0.2) is 26.5 Å². The number of tetrazole rings is 1. The van der Waals surface area contributed by atoms with Crippen molar-refractivity contribution in [3.8, 4) is 0 Å². The lowest BCUT2D eigenvalue weighted by atomic mass is 10.1. The maximum Gasteiger partial charge on any atom is 0.253 e. The maximum absolute atomic E-state index is 12.0. The number of nitrogens with one attached hydrogen (secondary N) is 2. The van der Waals surface area contributed by atoms with Crippen molar-refractivity contribution in [2.75, 3.05) is 5.73 Å². The number of aryl methyl sites for hydroxylation is 1. The number of carbonyl (C=O) groups is 1. The van der Waals surface area contributed by atoms with Crippen LogP contribution >= 0.6 is 0 Å². The molecular weight excluding hydrogens is 232 g/mol. The number of nitrogen functional groups attached to an aromatic ring is 1. The number of aromatic amines is 1. The highest BCUT2D eigenvalue weighted by molar-refractivity contribution is 5.99. The summed E-state index contributed by atoms with van der Waals surface area (Å²) in [5.74, 6) is 0.170. The molecule has 0 spiro atoms. The molecule has 1 atom stereocenters. The fraction of sp³-hybridized carbons (Fsp3) is 0.273. The SMILES string of the molecule is Cc1cccc(C(=O)NC(C)c2nn[nH]n2)c1N. The number of benzene rings is 1. The van der Waals surface area contributed by atoms with Crippen molar-refractivity contribution in [3.05, 3.63) is 35.2 Å². The van der Waals surface area contributed by atoms with Gasteiger partial charge < -0.3 is 11.1 Å². The lowest BCUT2D eigenvalue weighted by Gasteiger charge is -2.12. The van der Waals surface area contributed by atoms with E-state index in [1.165, 1.54) is 0 Å². The summed E-state index contributed by atoms with van der Waals surface area (Å²) in [4.78, 5) is 12.0. The van der Waals surface area contributed by atoms with E-state index in [1.54, 1.807) is 19.1 Å². The number of hydrogen-bond acceptors (Lipinski definition) is 5. The van der Waals surface area contributed by atoms with Crippen LogP contribution < -0.4 is 11.1 Å². The molecule has 7 nitrogen and oxygen atoms in total. The molecule has 1 aromatic heterocycles. The third-order valence-electron chi connectivity index (χ3n) is 2.67. The number of carbonyl (C=O) groups excluding carboxylic acids is 1. The lowest BCUT2D eigenvalue weighted by molar-refractivity contribution is 0.0939. The van der Waals surface area contributed by atoms with Gasteiger partial charge in [-0.25, -0.2) is 0 Å². The smallest absolute Gasteiger partial charge is 0.253 e.